The van der Waals surface area contributed by atoms with E-state index in [1.54, 1.807) is 45.0 Å². The Morgan fingerprint density at radius 3 is 2.34 bits per heavy atom. The molecule has 2 aromatic carbocycles. The van der Waals surface area contributed by atoms with Gasteiger partial charge in [0.2, 0.25) is 27.7 Å². The summed E-state index contributed by atoms with van der Waals surface area (Å²) in [4.78, 5) is 77.4. The van der Waals surface area contributed by atoms with Crippen molar-refractivity contribution in [3.05, 3.63) is 78.9 Å². The fourth-order valence-electron chi connectivity index (χ4n) is 8.05. The van der Waals surface area contributed by atoms with Crippen LogP contribution in [0.25, 0.3) is 22.2 Å². The van der Waals surface area contributed by atoms with Crippen molar-refractivity contribution < 1.29 is 41.2 Å². The number of aromatic nitrogens is 1. The minimum Gasteiger partial charge on any atom is -0.347 e. The van der Waals surface area contributed by atoms with E-state index in [1.165, 1.54) is 11.0 Å². The molecule has 308 valence electrons. The maximum absolute atomic E-state index is 14.7. The molecule has 5 atom stereocenters. The van der Waals surface area contributed by atoms with Gasteiger partial charge >= 0.3 is 0 Å². The molecule has 2 saturated heterocycles. The number of alkyl halides is 2. The van der Waals surface area contributed by atoms with Gasteiger partial charge in [-0.3, -0.25) is 28.7 Å². The molecule has 3 aromatic rings. The molecule has 58 heavy (non-hydrogen) atoms. The lowest BCUT2D eigenvalue weighted by Crippen LogP contribution is -2.57. The maximum Gasteiger partial charge on any atom is 0.267 e. The molecule has 0 radical (unpaired) electrons. The third-order valence-electron chi connectivity index (χ3n) is 11.7. The highest BCUT2D eigenvalue weighted by atomic mass is 32.2. The molecular weight excluding hydrogens is 771 g/mol. The second-order valence-corrected chi connectivity index (χ2v) is 19.0. The van der Waals surface area contributed by atoms with Gasteiger partial charge < -0.3 is 20.4 Å². The van der Waals surface area contributed by atoms with E-state index in [0.29, 0.717) is 35.0 Å². The number of carbonyl (C=O) groups is 5. The Kier molecular flexibility index (Phi) is 10.7. The first-order valence-electron chi connectivity index (χ1n) is 19.5. The molecule has 1 unspecified atom stereocenters. The number of carbonyl (C=O) groups excluding carboxylic acids is 5. The summed E-state index contributed by atoms with van der Waals surface area (Å²) in [6, 6.07) is 16.1. The van der Waals surface area contributed by atoms with Crippen molar-refractivity contribution in [3.8, 4) is 11.3 Å². The molecule has 3 heterocycles. The average Bonchev–Trinajstić information content (AvgIpc) is 4.08. The molecule has 5 amide bonds. The Hall–Kier alpha value is -5.25. The van der Waals surface area contributed by atoms with Crippen molar-refractivity contribution in [2.45, 2.75) is 88.1 Å². The number of benzene rings is 2. The van der Waals surface area contributed by atoms with E-state index >= 15 is 0 Å². The van der Waals surface area contributed by atoms with E-state index in [9.17, 15) is 41.2 Å². The summed E-state index contributed by atoms with van der Waals surface area (Å²) in [5.41, 5.74) is -0.263. The number of nitrogens with one attached hydrogen (secondary N) is 3. The van der Waals surface area contributed by atoms with Crippen molar-refractivity contribution in [1.29, 1.82) is 0 Å². The average molecular weight is 819 g/mol. The molecule has 16 heteroatoms. The summed E-state index contributed by atoms with van der Waals surface area (Å²) in [6.45, 7) is 7.92. The smallest absolute Gasteiger partial charge is 0.267 e. The molecule has 4 aliphatic rings. The zero-order chi connectivity index (χ0) is 41.8. The first-order valence-corrected chi connectivity index (χ1v) is 21.1. The molecule has 2 aliphatic carbocycles. The third-order valence-corrected chi connectivity index (χ3v) is 13.6. The van der Waals surface area contributed by atoms with Crippen LogP contribution in [0.3, 0.4) is 0 Å². The lowest BCUT2D eigenvalue weighted by atomic mass is 9.77. The quantitative estimate of drug-likeness (QED) is 0.228. The number of pyridine rings is 1. The molecule has 2 aliphatic heterocycles. The Labute approximate surface area is 336 Å². The number of likely N-dealkylation sites (tertiary alicyclic amines) is 2. The van der Waals surface area contributed by atoms with Crippen LogP contribution >= 0.6 is 0 Å². The Balaban J connectivity index is 1.18. The number of para-hydroxylation sites is 1. The number of nitrogens with zero attached hydrogens (tertiary/aromatic N) is 3. The number of sulfonamides is 1. The summed E-state index contributed by atoms with van der Waals surface area (Å²) >= 11 is 0. The Morgan fingerprint density at radius 2 is 1.72 bits per heavy atom. The summed E-state index contributed by atoms with van der Waals surface area (Å²) < 4.78 is 55.8. The molecule has 2 saturated carbocycles. The van der Waals surface area contributed by atoms with Crippen LogP contribution < -0.4 is 15.4 Å². The predicted molar refractivity (Wildman–Crippen MR) is 212 cm³/mol. The normalized spacial score (nSPS) is 24.5. The highest BCUT2D eigenvalue weighted by Gasteiger charge is 2.62. The molecule has 4 fully saturated rings. The van der Waals surface area contributed by atoms with Gasteiger partial charge in [0.1, 0.15) is 11.6 Å². The van der Waals surface area contributed by atoms with Gasteiger partial charge in [0.25, 0.3) is 17.7 Å². The van der Waals surface area contributed by atoms with Gasteiger partial charge in [0.05, 0.1) is 34.5 Å². The number of amides is 5. The first-order chi connectivity index (χ1) is 27.3. The predicted octanol–water partition coefficient (Wildman–Crippen LogP) is 4.19. The Morgan fingerprint density at radius 1 is 1.03 bits per heavy atom. The molecule has 0 bridgehead atoms. The van der Waals surface area contributed by atoms with Gasteiger partial charge in [-0.2, -0.15) is 0 Å². The lowest BCUT2D eigenvalue weighted by molar-refractivity contribution is -0.148. The van der Waals surface area contributed by atoms with Crippen LogP contribution in [0.2, 0.25) is 0 Å². The van der Waals surface area contributed by atoms with Gasteiger partial charge in [-0.1, -0.05) is 75.4 Å². The SMILES string of the molecule is C=CC1C[C@]1(NC(=O)[C@@H]1C[C@@H](NC(=O)c2cc(-c3ccccc3)nc3ccccc23)CN1C(=O)[C@@H](CC(=O)N1CCC(F)(F)C1)C(C)(C)C)C(=O)NS(=O)(=O)C1CC1. The van der Waals surface area contributed by atoms with Crippen molar-refractivity contribution in [2.24, 2.45) is 17.3 Å². The zero-order valence-electron chi connectivity index (χ0n) is 32.7. The topological polar surface area (TPSA) is 175 Å². The molecule has 13 nitrogen and oxygen atoms in total. The molecule has 7 rings (SSSR count). The second kappa shape index (κ2) is 15.2. The van der Waals surface area contributed by atoms with E-state index in [-0.39, 0.29) is 25.9 Å². The van der Waals surface area contributed by atoms with E-state index in [2.05, 4.69) is 21.9 Å². The zero-order valence-corrected chi connectivity index (χ0v) is 33.5. The minimum atomic E-state index is -3.96. The second-order valence-electron chi connectivity index (χ2n) is 17.1. The standard InChI is InChI=1S/C42H48F2N6O7S/c1-5-26-22-42(26,39(55)48-58(56,57)28-15-16-28)47-37(53)34-19-27(23-50(34)38(54)31(40(2,3)4)21-35(51)49-18-17-41(43,44)24-49)45-36(52)30-20-33(25-11-7-6-8-12-25)46-32-14-10-9-13-29(30)32/h5-14,20,26-28,31,34H,1,15-19,21-24H2,2-4H3,(H,45,52)(H,47,53)(H,48,55)/t26?,27-,31-,34+,42-/m1/s1. The number of hydrogen-bond acceptors (Lipinski definition) is 8. The summed E-state index contributed by atoms with van der Waals surface area (Å²) in [5, 5.41) is 5.64. The van der Waals surface area contributed by atoms with Gasteiger partial charge in [-0.25, -0.2) is 22.2 Å². The van der Waals surface area contributed by atoms with Crippen LogP contribution in [-0.2, 0) is 29.2 Å². The summed E-state index contributed by atoms with van der Waals surface area (Å²) in [5.74, 6) is -8.05. The van der Waals surface area contributed by atoms with Crippen LogP contribution in [0, 0.1) is 17.3 Å². The van der Waals surface area contributed by atoms with Gasteiger partial charge in [0, 0.05) is 48.8 Å². The molecule has 1 aromatic heterocycles. The fourth-order valence-corrected chi connectivity index (χ4v) is 9.42. The Bertz CT molecular complexity index is 2280. The van der Waals surface area contributed by atoms with Crippen molar-refractivity contribution in [3.63, 3.8) is 0 Å². The number of fused-ring (bicyclic) bond motifs is 1. The van der Waals surface area contributed by atoms with E-state index < -0.39 is 105 Å². The monoisotopic (exact) mass is 818 g/mol. The van der Waals surface area contributed by atoms with Crippen LogP contribution in [0.4, 0.5) is 8.78 Å². The van der Waals surface area contributed by atoms with E-state index in [1.807, 2.05) is 36.4 Å². The number of rotatable bonds is 12. The molecular formula is C42H48F2N6O7S. The van der Waals surface area contributed by atoms with E-state index in [0.717, 1.165) is 10.5 Å². The van der Waals surface area contributed by atoms with Crippen LogP contribution in [0.15, 0.2) is 73.3 Å². The highest BCUT2D eigenvalue weighted by molar-refractivity contribution is 7.91. The van der Waals surface area contributed by atoms with Gasteiger partial charge in [-0.05, 0) is 43.2 Å². The van der Waals surface area contributed by atoms with Gasteiger partial charge in [-0.15, -0.1) is 6.58 Å². The van der Waals surface area contributed by atoms with Gasteiger partial charge in [0.15, 0.2) is 0 Å². The number of hydrogen-bond donors (Lipinski definition) is 3. The van der Waals surface area contributed by atoms with Crippen molar-refractivity contribution in [2.75, 3.05) is 19.6 Å². The number of halogens is 2. The summed E-state index contributed by atoms with van der Waals surface area (Å²) in [7, 11) is -3.96. The third kappa shape index (κ3) is 8.34. The van der Waals surface area contributed by atoms with Crippen LogP contribution in [0.5, 0.6) is 0 Å². The molecule has 3 N–H and O–H groups in total. The van der Waals surface area contributed by atoms with Crippen LogP contribution in [0.1, 0.15) is 69.7 Å². The minimum absolute atomic E-state index is 0.0769. The first kappa shape index (κ1) is 40.9. The van der Waals surface area contributed by atoms with Crippen LogP contribution in [-0.4, -0.2) is 101 Å². The molecule has 0 spiro atoms. The highest BCUT2D eigenvalue weighted by Crippen LogP contribution is 2.46. The largest absolute Gasteiger partial charge is 0.347 e. The van der Waals surface area contributed by atoms with Crippen molar-refractivity contribution >= 4 is 50.5 Å². The maximum atomic E-state index is 14.7. The fraction of sp³-hybridized carbons (Fsp3) is 0.476. The lowest BCUT2D eigenvalue weighted by Gasteiger charge is -2.35. The van der Waals surface area contributed by atoms with E-state index in [4.69, 9.17) is 4.98 Å². The van der Waals surface area contributed by atoms with Crippen molar-refractivity contribution in [1.82, 2.24) is 30.1 Å². The summed E-state index contributed by atoms with van der Waals surface area (Å²) in [6.07, 6.45) is 1.40.